The van der Waals surface area contributed by atoms with Crippen LogP contribution in [0.5, 0.6) is 0 Å². The second kappa shape index (κ2) is 11.3. The molecule has 5 N–H and O–H groups in total. The third-order valence-corrected chi connectivity index (χ3v) is 0.666. The van der Waals surface area contributed by atoms with Crippen molar-refractivity contribution in [1.82, 2.24) is 0 Å². The van der Waals surface area contributed by atoms with Crippen LogP contribution in [0.3, 0.4) is 0 Å². The summed E-state index contributed by atoms with van der Waals surface area (Å²) in [7, 11) is 0. The number of rotatable bonds is 3. The number of carbonyl (C=O) groups excluding carboxylic acids is 2. The fourth-order valence-electron chi connectivity index (χ4n) is 0.0745. The summed E-state index contributed by atoms with van der Waals surface area (Å²) in [6.07, 6.45) is 0. The van der Waals surface area contributed by atoms with Crippen LogP contribution in [0.25, 0.3) is 0 Å². The third-order valence-electron chi connectivity index (χ3n) is 0.666. The van der Waals surface area contributed by atoms with Gasteiger partial charge in [0.05, 0.1) is 24.6 Å². The summed E-state index contributed by atoms with van der Waals surface area (Å²) >= 11 is 0. The van der Waals surface area contributed by atoms with Gasteiger partial charge < -0.3 is 36.4 Å². The maximum atomic E-state index is 9.53. The molecule has 0 rings (SSSR count). The van der Waals surface area contributed by atoms with Gasteiger partial charge in [-0.05, 0) is 0 Å². The van der Waals surface area contributed by atoms with E-state index in [-0.39, 0.29) is 23.6 Å². The Morgan fingerprint density at radius 1 is 1.38 bits per heavy atom. The molecule has 0 aromatic rings. The molecular weight excluding hydrogens is 232 g/mol. The summed E-state index contributed by atoms with van der Waals surface area (Å²) < 4.78 is 0. The van der Waals surface area contributed by atoms with Crippen LogP contribution in [0, 0.1) is 0 Å². The first-order valence-electron chi connectivity index (χ1n) is 2.92. The Hall–Kier alpha value is -0.661. The Bertz CT molecular complexity index is 154. The second-order valence-corrected chi connectivity index (χ2v) is 1.68. The average Bonchev–Trinajstić information content (AvgIpc) is 2.04. The first kappa shape index (κ1) is 18.2. The number of nitrogens with two attached hydrogens (primary N) is 2. The molecule has 1 radical (unpaired) electrons. The van der Waals surface area contributed by atoms with Gasteiger partial charge in [0.25, 0.3) is 0 Å². The van der Waals surface area contributed by atoms with E-state index in [9.17, 15) is 9.90 Å². The van der Waals surface area contributed by atoms with Crippen LogP contribution in [0.2, 0.25) is 0 Å². The van der Waals surface area contributed by atoms with Crippen molar-refractivity contribution in [3.63, 3.8) is 0 Å². The molecule has 0 aromatic carbocycles. The predicted octanol–water partition coefficient (Wildman–Crippen LogP) is -5.25. The molecule has 0 saturated heterocycles. The molecule has 0 spiro atoms. The van der Waals surface area contributed by atoms with Gasteiger partial charge in [0.2, 0.25) is 0 Å². The minimum atomic E-state index is -1.43. The summed E-state index contributed by atoms with van der Waals surface area (Å²) in [6, 6.07) is -1.24. The molecule has 8 heteroatoms. The average molecular weight is 242 g/mol. The smallest absolute Gasteiger partial charge is 0.549 e. The minimum absolute atomic E-state index is 0. The van der Waals surface area contributed by atoms with E-state index < -0.39 is 24.6 Å². The molecule has 0 amide bonds. The van der Waals surface area contributed by atoms with Crippen LogP contribution in [0.1, 0.15) is 0 Å². The Kier molecular flexibility index (Phi) is 15.9. The summed E-state index contributed by atoms with van der Waals surface area (Å²) in [5.41, 5.74) is 9.21. The van der Waals surface area contributed by atoms with Gasteiger partial charge in [-0.3, -0.25) is 0 Å². The quantitative estimate of drug-likeness (QED) is 0.417. The molecule has 13 heavy (non-hydrogen) atoms. The van der Waals surface area contributed by atoms with Gasteiger partial charge in [0, 0.05) is 6.54 Å². The van der Waals surface area contributed by atoms with Crippen LogP contribution < -0.4 is 21.7 Å². The molecule has 81 valence electrons. The number of aliphatic hydroxyl groups is 1. The molecule has 0 saturated carbocycles. The molecule has 7 nitrogen and oxygen atoms in total. The first-order chi connectivity index (χ1) is 5.45. The molecule has 0 fully saturated rings. The zero-order valence-corrected chi connectivity index (χ0v) is 7.47. The fourth-order valence-corrected chi connectivity index (χ4v) is 0.0745. The third kappa shape index (κ3) is 18.4. The number of carboxylic acid groups (broad SMARTS) is 2. The van der Waals surface area contributed by atoms with Gasteiger partial charge in [-0.15, -0.1) is 0 Å². The number of carbonyl (C=O) groups is 2. The molecule has 0 aromatic heterocycles. The number of hydrogen-bond acceptors (Lipinski definition) is 7. The van der Waals surface area contributed by atoms with E-state index in [2.05, 4.69) is 5.73 Å². The number of aliphatic carboxylic acids is 2. The fraction of sp³-hybridized carbons (Fsp3) is 0.600. The molecule has 0 aliphatic heterocycles. The van der Waals surface area contributed by atoms with Crippen LogP contribution in [0.15, 0.2) is 0 Å². The normalized spacial score (nSPS) is 10.1. The van der Waals surface area contributed by atoms with E-state index in [0.29, 0.717) is 0 Å². The predicted molar refractivity (Wildman–Crippen MR) is 34.1 cm³/mol. The van der Waals surface area contributed by atoms with Gasteiger partial charge in [-0.1, -0.05) is 0 Å². The number of carboxylic acids is 2. The molecule has 1 atom stereocenters. The molecule has 0 bridgehead atoms. The van der Waals surface area contributed by atoms with Crippen molar-refractivity contribution in [3.05, 3.63) is 0 Å². The Balaban J connectivity index is -0.000000150. The van der Waals surface area contributed by atoms with E-state index in [0.717, 1.165) is 0 Å². The Morgan fingerprint density at radius 2 is 1.69 bits per heavy atom. The SMILES string of the molecule is NC(CO)C(=O)[O-].NCC(=O)[O-].[Cu+2]. The van der Waals surface area contributed by atoms with Crippen LogP contribution >= 0.6 is 0 Å². The van der Waals surface area contributed by atoms with Crippen molar-refractivity contribution >= 4 is 11.9 Å². The monoisotopic (exact) mass is 241 g/mol. The summed E-state index contributed by atoms with van der Waals surface area (Å²) in [5.74, 6) is -2.65. The zero-order chi connectivity index (χ0) is 10.1. The molecule has 1 unspecified atom stereocenters. The van der Waals surface area contributed by atoms with Crippen molar-refractivity contribution in [3.8, 4) is 0 Å². The van der Waals surface area contributed by atoms with Gasteiger partial charge in [-0.2, -0.15) is 0 Å². The van der Waals surface area contributed by atoms with Crippen molar-refractivity contribution in [1.29, 1.82) is 0 Å². The number of hydrogen-bond donors (Lipinski definition) is 3. The van der Waals surface area contributed by atoms with E-state index >= 15 is 0 Å². The number of aliphatic hydroxyl groups excluding tert-OH is 1. The van der Waals surface area contributed by atoms with Gasteiger partial charge >= 0.3 is 17.1 Å². The van der Waals surface area contributed by atoms with Crippen LogP contribution in [-0.4, -0.2) is 36.2 Å². The minimum Gasteiger partial charge on any atom is -0.549 e. The van der Waals surface area contributed by atoms with Gasteiger partial charge in [0.1, 0.15) is 0 Å². The maximum Gasteiger partial charge on any atom is 2.00 e. The zero-order valence-electron chi connectivity index (χ0n) is 6.53. The van der Waals surface area contributed by atoms with Gasteiger partial charge in [0.15, 0.2) is 0 Å². The summed E-state index contributed by atoms with van der Waals surface area (Å²) in [6.45, 7) is -0.956. The molecule has 0 heterocycles. The van der Waals surface area contributed by atoms with Crippen LogP contribution in [0.4, 0.5) is 0 Å². The van der Waals surface area contributed by atoms with Crippen LogP contribution in [-0.2, 0) is 26.7 Å². The standard InChI is InChI=1S/C3H7NO3.C2H5NO2.Cu/c4-2(1-5)3(6)7;3-1-2(4)5;/h2,5H,1,4H2,(H,6,7);1,3H2,(H,4,5);/q;;+2/p-2. The van der Waals surface area contributed by atoms with Crippen molar-refractivity contribution in [2.75, 3.05) is 13.2 Å². The van der Waals surface area contributed by atoms with Crippen molar-refractivity contribution in [2.24, 2.45) is 11.5 Å². The molecule has 0 aliphatic carbocycles. The largest absolute Gasteiger partial charge is 2.00 e. The Morgan fingerprint density at radius 3 is 1.69 bits per heavy atom. The van der Waals surface area contributed by atoms with Gasteiger partial charge in [-0.25, -0.2) is 0 Å². The molecular formula is C5H10CuN2O5. The van der Waals surface area contributed by atoms with Crippen molar-refractivity contribution < 1.29 is 42.0 Å². The van der Waals surface area contributed by atoms with E-state index in [1.807, 2.05) is 0 Å². The van der Waals surface area contributed by atoms with E-state index in [1.54, 1.807) is 0 Å². The van der Waals surface area contributed by atoms with E-state index in [4.69, 9.17) is 20.7 Å². The second-order valence-electron chi connectivity index (χ2n) is 1.68. The first-order valence-corrected chi connectivity index (χ1v) is 2.92. The Labute approximate surface area is 85.2 Å². The maximum absolute atomic E-state index is 9.53. The van der Waals surface area contributed by atoms with Crippen molar-refractivity contribution in [2.45, 2.75) is 6.04 Å². The van der Waals surface area contributed by atoms with E-state index in [1.165, 1.54) is 0 Å². The summed E-state index contributed by atoms with van der Waals surface area (Å²) in [5, 5.41) is 26.6. The summed E-state index contributed by atoms with van der Waals surface area (Å²) in [4.78, 5) is 18.7. The molecule has 0 aliphatic rings. The topological polar surface area (TPSA) is 153 Å².